The van der Waals surface area contributed by atoms with Crippen LogP contribution in [0.4, 0.5) is 17.2 Å². The molecule has 0 radical (unpaired) electrons. The highest BCUT2D eigenvalue weighted by Gasteiger charge is 2.17. The van der Waals surface area contributed by atoms with Crippen molar-refractivity contribution < 1.29 is 9.59 Å². The van der Waals surface area contributed by atoms with E-state index in [1.54, 1.807) is 48.5 Å². The summed E-state index contributed by atoms with van der Waals surface area (Å²) < 4.78 is 0. The zero-order chi connectivity index (χ0) is 25.7. The molecule has 10 heteroatoms. The normalized spacial score (nSPS) is 10.9. The maximum Gasteiger partial charge on any atom is 0.275 e. The van der Waals surface area contributed by atoms with E-state index in [-0.39, 0.29) is 24.0 Å². The molecule has 4 aromatic rings. The molecule has 3 aromatic carbocycles. The summed E-state index contributed by atoms with van der Waals surface area (Å²) in [6, 6.07) is 21.7. The molecule has 0 saturated heterocycles. The van der Waals surface area contributed by atoms with Crippen molar-refractivity contribution in [1.82, 2.24) is 25.2 Å². The number of rotatable bonds is 8. The Bertz CT molecular complexity index is 1360. The molecule has 36 heavy (non-hydrogen) atoms. The molecule has 0 aliphatic carbocycles. The summed E-state index contributed by atoms with van der Waals surface area (Å²) in [4.78, 5) is 28.6. The number of nitrogens with one attached hydrogen (secondary N) is 2. The summed E-state index contributed by atoms with van der Waals surface area (Å²) in [5.41, 5.74) is 16.0. The minimum atomic E-state index is -0.440. The predicted octanol–water partition coefficient (Wildman–Crippen LogP) is 2.68. The maximum absolute atomic E-state index is 12.7. The van der Waals surface area contributed by atoms with Gasteiger partial charge in [0.2, 0.25) is 0 Å². The second-order valence-electron chi connectivity index (χ2n) is 8.55. The topological polar surface area (TPSA) is 144 Å². The van der Waals surface area contributed by atoms with E-state index in [2.05, 4.69) is 25.7 Å². The van der Waals surface area contributed by atoms with Crippen molar-refractivity contribution in [2.75, 3.05) is 30.9 Å². The molecule has 1 heterocycles. The van der Waals surface area contributed by atoms with Crippen LogP contribution in [-0.4, -0.2) is 45.8 Å². The second-order valence-corrected chi connectivity index (χ2v) is 8.55. The van der Waals surface area contributed by atoms with Crippen LogP contribution in [0.1, 0.15) is 32.0 Å². The van der Waals surface area contributed by atoms with Crippen molar-refractivity contribution in [2.45, 2.75) is 13.1 Å². The van der Waals surface area contributed by atoms with Crippen molar-refractivity contribution in [3.05, 3.63) is 95.2 Å². The number of amides is 2. The molecule has 0 unspecified atom stereocenters. The summed E-state index contributed by atoms with van der Waals surface area (Å²) in [5.74, 6) is -0.677. The van der Waals surface area contributed by atoms with Crippen LogP contribution < -0.4 is 22.1 Å². The summed E-state index contributed by atoms with van der Waals surface area (Å²) in [7, 11) is 4.00. The number of benzene rings is 3. The van der Waals surface area contributed by atoms with Crippen molar-refractivity contribution in [3.8, 4) is 5.69 Å². The number of carbonyl (C=O) groups excluding carboxylic acids is 2. The van der Waals surface area contributed by atoms with Crippen molar-refractivity contribution in [3.63, 3.8) is 0 Å². The molecule has 0 atom stereocenters. The van der Waals surface area contributed by atoms with Gasteiger partial charge in [-0.1, -0.05) is 36.4 Å². The average molecular weight is 485 g/mol. The Hall–Kier alpha value is -4.70. The Labute approximate surface area is 208 Å². The lowest BCUT2D eigenvalue weighted by Gasteiger charge is -2.09. The number of aromatic nitrogens is 3. The van der Waals surface area contributed by atoms with E-state index in [4.69, 9.17) is 11.5 Å². The summed E-state index contributed by atoms with van der Waals surface area (Å²) >= 11 is 0. The van der Waals surface area contributed by atoms with Gasteiger partial charge in [0.1, 0.15) is 0 Å². The van der Waals surface area contributed by atoms with Crippen LogP contribution in [0, 0.1) is 0 Å². The van der Waals surface area contributed by atoms with Gasteiger partial charge >= 0.3 is 0 Å². The Morgan fingerprint density at radius 1 is 0.861 bits per heavy atom. The van der Waals surface area contributed by atoms with Gasteiger partial charge in [0.25, 0.3) is 11.8 Å². The molecule has 2 amide bonds. The van der Waals surface area contributed by atoms with Crippen LogP contribution in [0.3, 0.4) is 0 Å². The first-order valence-corrected chi connectivity index (χ1v) is 11.3. The van der Waals surface area contributed by atoms with Crippen LogP contribution >= 0.6 is 0 Å². The number of nitrogens with zero attached hydrogens (tertiary/aromatic N) is 4. The van der Waals surface area contributed by atoms with E-state index < -0.39 is 5.91 Å². The lowest BCUT2D eigenvalue weighted by atomic mass is 10.1. The van der Waals surface area contributed by atoms with Crippen LogP contribution in [0.15, 0.2) is 72.8 Å². The molecule has 10 nitrogen and oxygen atoms in total. The van der Waals surface area contributed by atoms with Gasteiger partial charge in [-0.3, -0.25) is 9.59 Å². The number of hydrogen-bond acceptors (Lipinski definition) is 7. The number of nitrogen functional groups attached to an aromatic ring is 2. The first-order valence-electron chi connectivity index (χ1n) is 11.3. The first-order chi connectivity index (χ1) is 17.3. The molecule has 184 valence electrons. The van der Waals surface area contributed by atoms with Gasteiger partial charge in [0, 0.05) is 18.7 Å². The van der Waals surface area contributed by atoms with Crippen molar-refractivity contribution in [1.29, 1.82) is 0 Å². The van der Waals surface area contributed by atoms with Crippen LogP contribution in [0.5, 0.6) is 0 Å². The van der Waals surface area contributed by atoms with Crippen LogP contribution in [0.25, 0.3) is 5.69 Å². The number of carbonyl (C=O) groups is 2. The quantitative estimate of drug-likeness (QED) is 0.281. The van der Waals surface area contributed by atoms with E-state index in [0.29, 0.717) is 22.6 Å². The fourth-order valence-corrected chi connectivity index (χ4v) is 3.54. The molecular formula is C26H28N8O2. The van der Waals surface area contributed by atoms with Crippen LogP contribution in [0.2, 0.25) is 0 Å². The molecule has 0 aliphatic rings. The van der Waals surface area contributed by atoms with Gasteiger partial charge in [-0.05, 0) is 61.6 Å². The largest absolute Gasteiger partial charge is 0.397 e. The molecule has 6 N–H and O–H groups in total. The molecule has 4 rings (SSSR count). The van der Waals surface area contributed by atoms with Gasteiger partial charge in [-0.25, -0.2) is 0 Å². The number of para-hydroxylation sites is 2. The van der Waals surface area contributed by atoms with Gasteiger partial charge in [-0.2, -0.15) is 0 Å². The SMILES string of the molecule is CN(C)Cc1ccc(-n2nc(N)c(C(=O)NCc3ccc(C(=O)Nc4ccccc4N)cc3)n2)cc1. The van der Waals surface area contributed by atoms with E-state index in [0.717, 1.165) is 17.7 Å². The highest BCUT2D eigenvalue weighted by atomic mass is 16.2. The minimum Gasteiger partial charge on any atom is -0.397 e. The van der Waals surface area contributed by atoms with Crippen molar-refractivity contribution in [2.24, 2.45) is 0 Å². The van der Waals surface area contributed by atoms with E-state index in [1.165, 1.54) is 4.80 Å². The third-order valence-corrected chi connectivity index (χ3v) is 5.40. The third kappa shape index (κ3) is 5.86. The predicted molar refractivity (Wildman–Crippen MR) is 140 cm³/mol. The van der Waals surface area contributed by atoms with Gasteiger partial charge in [-0.15, -0.1) is 15.0 Å². The zero-order valence-corrected chi connectivity index (χ0v) is 20.1. The third-order valence-electron chi connectivity index (χ3n) is 5.40. The molecule has 0 saturated carbocycles. The number of hydrogen-bond donors (Lipinski definition) is 4. The fourth-order valence-electron chi connectivity index (χ4n) is 3.54. The van der Waals surface area contributed by atoms with Crippen LogP contribution in [-0.2, 0) is 13.1 Å². The van der Waals surface area contributed by atoms with E-state index >= 15 is 0 Å². The average Bonchev–Trinajstić information content (AvgIpc) is 3.26. The molecule has 0 spiro atoms. The fraction of sp³-hybridized carbons (Fsp3) is 0.154. The Morgan fingerprint density at radius 3 is 2.19 bits per heavy atom. The lowest BCUT2D eigenvalue weighted by molar-refractivity contribution is 0.0945. The first kappa shape index (κ1) is 24.4. The Balaban J connectivity index is 1.36. The minimum absolute atomic E-state index is 0.0390. The van der Waals surface area contributed by atoms with Crippen molar-refractivity contribution >= 4 is 29.0 Å². The second kappa shape index (κ2) is 10.7. The monoisotopic (exact) mass is 484 g/mol. The standard InChI is InChI=1S/C26H28N8O2/c1-33(2)16-18-9-13-20(14-10-18)34-31-23(24(28)32-34)26(36)29-15-17-7-11-19(12-8-17)25(35)30-22-6-4-3-5-21(22)27/h3-14H,15-16,27H2,1-2H3,(H2,28,32)(H,29,36)(H,30,35). The van der Waals surface area contributed by atoms with Gasteiger partial charge < -0.3 is 27.0 Å². The van der Waals surface area contributed by atoms with E-state index in [9.17, 15) is 9.59 Å². The van der Waals surface area contributed by atoms with Gasteiger partial charge in [0.15, 0.2) is 11.5 Å². The molecule has 0 bridgehead atoms. The highest BCUT2D eigenvalue weighted by Crippen LogP contribution is 2.18. The highest BCUT2D eigenvalue weighted by molar-refractivity contribution is 6.05. The number of anilines is 3. The lowest BCUT2D eigenvalue weighted by Crippen LogP contribution is -2.24. The molecule has 1 aromatic heterocycles. The summed E-state index contributed by atoms with van der Waals surface area (Å²) in [6.07, 6.45) is 0. The molecule has 0 fully saturated rings. The summed E-state index contributed by atoms with van der Waals surface area (Å²) in [6.45, 7) is 1.05. The smallest absolute Gasteiger partial charge is 0.275 e. The Morgan fingerprint density at radius 2 is 1.53 bits per heavy atom. The maximum atomic E-state index is 12.7. The Kier molecular flexibility index (Phi) is 7.26. The summed E-state index contributed by atoms with van der Waals surface area (Å²) in [5, 5.41) is 14.0. The zero-order valence-electron chi connectivity index (χ0n) is 20.1. The van der Waals surface area contributed by atoms with E-state index in [1.807, 2.05) is 38.4 Å². The number of nitrogens with two attached hydrogens (primary N) is 2. The molecule has 0 aliphatic heterocycles. The molecular weight excluding hydrogens is 456 g/mol. The van der Waals surface area contributed by atoms with Gasteiger partial charge in [0.05, 0.1) is 17.1 Å².